The van der Waals surface area contributed by atoms with Crippen molar-refractivity contribution in [2.75, 3.05) is 71.4 Å². The van der Waals surface area contributed by atoms with Crippen molar-refractivity contribution in [3.05, 3.63) is 64.2 Å². The van der Waals surface area contributed by atoms with Crippen LogP contribution in [0.25, 0.3) is 0 Å². The lowest BCUT2D eigenvalue weighted by Gasteiger charge is -2.32. The van der Waals surface area contributed by atoms with Crippen molar-refractivity contribution in [3.8, 4) is 0 Å². The Hall–Kier alpha value is -2.57. The number of hydrogen-bond donors (Lipinski definition) is 1. The number of morpholine rings is 1. The third-order valence-electron chi connectivity index (χ3n) is 6.34. The van der Waals surface area contributed by atoms with Gasteiger partial charge in [0.2, 0.25) is 10.0 Å². The van der Waals surface area contributed by atoms with Gasteiger partial charge in [0.1, 0.15) is 5.69 Å². The predicted molar refractivity (Wildman–Crippen MR) is 129 cm³/mol. The van der Waals surface area contributed by atoms with Gasteiger partial charge in [0.05, 0.1) is 29.1 Å². The molecule has 1 atom stereocenters. The Balaban J connectivity index is 1.61. The molecule has 1 unspecified atom stereocenters. The molecule has 4 rings (SSSR count). The summed E-state index contributed by atoms with van der Waals surface area (Å²) < 4.78 is 33.1. The van der Waals surface area contributed by atoms with E-state index in [-0.39, 0.29) is 16.6 Å². The van der Waals surface area contributed by atoms with Gasteiger partial charge in [-0.3, -0.25) is 15.0 Å². The molecule has 2 aromatic carbocycles. The average Bonchev–Trinajstić information content (AvgIpc) is 2.85. The molecule has 2 aromatic rings. The number of ether oxygens (including phenoxy) is 1. The zero-order valence-electron chi connectivity index (χ0n) is 19.3. The van der Waals surface area contributed by atoms with Crippen LogP contribution in [0.2, 0.25) is 0 Å². The van der Waals surface area contributed by atoms with Crippen LogP contribution in [-0.2, 0) is 14.8 Å². The van der Waals surface area contributed by atoms with Crippen molar-refractivity contribution in [1.82, 2.24) is 14.1 Å². The van der Waals surface area contributed by atoms with Crippen LogP contribution in [0.15, 0.2) is 53.4 Å². The summed E-state index contributed by atoms with van der Waals surface area (Å²) in [5, 5.41) is 15.3. The van der Waals surface area contributed by atoms with Gasteiger partial charge in [-0.15, -0.1) is 0 Å². The lowest BCUT2D eigenvalue weighted by atomic mass is 10.1. The van der Waals surface area contributed by atoms with Gasteiger partial charge >= 0.3 is 0 Å². The molecular formula is C23H31N5O5S. The third-order valence-corrected chi connectivity index (χ3v) is 8.24. The van der Waals surface area contributed by atoms with Crippen LogP contribution in [-0.4, -0.2) is 93.5 Å². The topological polar surface area (TPSA) is 108 Å². The monoisotopic (exact) mass is 489 g/mol. The minimum atomic E-state index is -3.81. The minimum Gasteiger partial charge on any atom is -0.379 e. The van der Waals surface area contributed by atoms with Crippen LogP contribution >= 0.6 is 0 Å². The molecule has 34 heavy (non-hydrogen) atoms. The Labute approximate surface area is 200 Å². The fourth-order valence-electron chi connectivity index (χ4n) is 4.27. The van der Waals surface area contributed by atoms with Crippen molar-refractivity contribution in [2.45, 2.75) is 10.9 Å². The van der Waals surface area contributed by atoms with E-state index in [9.17, 15) is 18.5 Å². The number of rotatable bonds is 8. The van der Waals surface area contributed by atoms with Crippen LogP contribution in [0.1, 0.15) is 11.6 Å². The van der Waals surface area contributed by atoms with Crippen molar-refractivity contribution in [2.24, 2.45) is 0 Å². The number of hydrogen-bond acceptors (Lipinski definition) is 8. The molecule has 2 fully saturated rings. The first kappa shape index (κ1) is 24.6. The summed E-state index contributed by atoms with van der Waals surface area (Å²) in [5.41, 5.74) is 1.04. The summed E-state index contributed by atoms with van der Waals surface area (Å²) in [6, 6.07) is 13.7. The smallest absolute Gasteiger partial charge is 0.293 e. The van der Waals surface area contributed by atoms with Gasteiger partial charge < -0.3 is 15.0 Å². The van der Waals surface area contributed by atoms with Gasteiger partial charge in [0.25, 0.3) is 5.69 Å². The maximum atomic E-state index is 13.1. The van der Waals surface area contributed by atoms with E-state index in [0.717, 1.165) is 18.7 Å². The Bertz CT molecular complexity index is 1080. The van der Waals surface area contributed by atoms with Crippen molar-refractivity contribution >= 4 is 21.4 Å². The van der Waals surface area contributed by atoms with Gasteiger partial charge in [-0.05, 0) is 24.7 Å². The molecule has 0 amide bonds. The fourth-order valence-corrected chi connectivity index (χ4v) is 5.71. The highest BCUT2D eigenvalue weighted by Crippen LogP contribution is 2.32. The van der Waals surface area contributed by atoms with Gasteiger partial charge in [-0.25, -0.2) is 8.42 Å². The van der Waals surface area contributed by atoms with E-state index in [1.807, 2.05) is 37.4 Å². The Morgan fingerprint density at radius 2 is 1.71 bits per heavy atom. The summed E-state index contributed by atoms with van der Waals surface area (Å²) in [7, 11) is -1.87. The maximum Gasteiger partial charge on any atom is 0.293 e. The van der Waals surface area contributed by atoms with Crippen LogP contribution in [0.4, 0.5) is 11.4 Å². The number of sulfonamides is 1. The molecule has 2 aliphatic heterocycles. The molecule has 0 bridgehead atoms. The van der Waals surface area contributed by atoms with Crippen LogP contribution in [0.3, 0.4) is 0 Å². The predicted octanol–water partition coefficient (Wildman–Crippen LogP) is 2.02. The molecule has 11 heteroatoms. The second-order valence-electron chi connectivity index (χ2n) is 8.66. The highest BCUT2D eigenvalue weighted by atomic mass is 32.2. The fraction of sp³-hybridized carbons (Fsp3) is 0.478. The Kier molecular flexibility index (Phi) is 7.79. The second kappa shape index (κ2) is 10.8. The first-order valence-electron chi connectivity index (χ1n) is 11.4. The normalized spacial score (nSPS) is 19.6. The number of nitrogens with zero attached hydrogens (tertiary/aromatic N) is 4. The van der Waals surface area contributed by atoms with Crippen molar-refractivity contribution < 1.29 is 18.1 Å². The first-order valence-corrected chi connectivity index (χ1v) is 12.9. The van der Waals surface area contributed by atoms with Crippen LogP contribution < -0.4 is 5.32 Å². The molecule has 2 aliphatic rings. The van der Waals surface area contributed by atoms with Gasteiger partial charge in [-0.2, -0.15) is 4.31 Å². The number of benzene rings is 2. The zero-order valence-corrected chi connectivity index (χ0v) is 20.1. The summed E-state index contributed by atoms with van der Waals surface area (Å²) in [5.74, 6) is 0. The van der Waals surface area contributed by atoms with Crippen LogP contribution in [0, 0.1) is 10.1 Å². The lowest BCUT2D eigenvalue weighted by molar-refractivity contribution is -0.384. The summed E-state index contributed by atoms with van der Waals surface area (Å²) >= 11 is 0. The van der Waals surface area contributed by atoms with Gasteiger partial charge in [-0.1, -0.05) is 30.3 Å². The lowest BCUT2D eigenvalue weighted by Crippen LogP contribution is -2.47. The van der Waals surface area contributed by atoms with Crippen molar-refractivity contribution in [3.63, 3.8) is 0 Å². The summed E-state index contributed by atoms with van der Waals surface area (Å²) in [4.78, 5) is 15.7. The maximum absolute atomic E-state index is 13.1. The van der Waals surface area contributed by atoms with E-state index >= 15 is 0 Å². The SMILES string of the molecule is CN1CCN(S(=O)(=O)c2ccc(NC(CN3CCOCC3)c3ccccc3)c([N+](=O)[O-])c2)CC1. The largest absolute Gasteiger partial charge is 0.379 e. The van der Waals surface area contributed by atoms with Gasteiger partial charge in [0.15, 0.2) is 0 Å². The summed E-state index contributed by atoms with van der Waals surface area (Å²) in [6.45, 7) is 5.50. The number of nitro groups is 1. The highest BCUT2D eigenvalue weighted by molar-refractivity contribution is 7.89. The molecule has 2 heterocycles. The quantitative estimate of drug-likeness (QED) is 0.443. The third kappa shape index (κ3) is 5.73. The molecule has 2 saturated heterocycles. The van der Waals surface area contributed by atoms with E-state index in [2.05, 4.69) is 15.1 Å². The van der Waals surface area contributed by atoms with Crippen LogP contribution in [0.5, 0.6) is 0 Å². The molecule has 0 aliphatic carbocycles. The van der Waals surface area contributed by atoms with E-state index in [4.69, 9.17) is 4.74 Å². The second-order valence-corrected chi connectivity index (χ2v) is 10.6. The molecule has 0 spiro atoms. The van der Waals surface area contributed by atoms with E-state index in [0.29, 0.717) is 51.6 Å². The van der Waals surface area contributed by atoms with E-state index in [1.165, 1.54) is 22.5 Å². The molecule has 0 radical (unpaired) electrons. The molecule has 1 N–H and O–H groups in total. The molecule has 184 valence electrons. The first-order chi connectivity index (χ1) is 16.3. The molecule has 0 saturated carbocycles. The standard InChI is InChI=1S/C23H31N5O5S/c1-25-9-11-27(12-10-25)34(31,32)20-7-8-21(23(17-20)28(29)30)24-22(19-5-3-2-4-6-19)18-26-13-15-33-16-14-26/h2-8,17,22,24H,9-16,18H2,1H3. The highest BCUT2D eigenvalue weighted by Gasteiger charge is 2.30. The molecular weight excluding hydrogens is 458 g/mol. The molecule has 0 aromatic heterocycles. The number of anilines is 1. The number of nitrogens with one attached hydrogen (secondary N) is 1. The minimum absolute atomic E-state index is 0.0567. The zero-order chi connectivity index (χ0) is 24.1. The van der Waals surface area contributed by atoms with Gasteiger partial charge in [0, 0.05) is 51.9 Å². The van der Waals surface area contributed by atoms with Crippen molar-refractivity contribution in [1.29, 1.82) is 0 Å². The number of nitro benzene ring substituents is 1. The number of likely N-dealkylation sites (N-methyl/N-ethyl adjacent to an activating group) is 1. The Morgan fingerprint density at radius 3 is 2.35 bits per heavy atom. The van der Waals surface area contributed by atoms with E-state index < -0.39 is 14.9 Å². The Morgan fingerprint density at radius 1 is 1.03 bits per heavy atom. The number of piperazine rings is 1. The average molecular weight is 490 g/mol. The summed E-state index contributed by atoms with van der Waals surface area (Å²) in [6.07, 6.45) is 0. The molecule has 10 nitrogen and oxygen atoms in total. The van der Waals surface area contributed by atoms with E-state index in [1.54, 1.807) is 0 Å².